The topological polar surface area (TPSA) is 36.3 Å². The van der Waals surface area contributed by atoms with Crippen LogP contribution in [0.15, 0.2) is 42.7 Å². The van der Waals surface area contributed by atoms with Gasteiger partial charge in [0.15, 0.2) is 5.75 Å². The largest absolute Gasteiger partial charge is 0.488 e. The Labute approximate surface area is 101 Å². The second kappa shape index (κ2) is 6.06. The van der Waals surface area contributed by atoms with Crippen molar-refractivity contribution in [2.75, 3.05) is 20.3 Å². The Morgan fingerprint density at radius 1 is 1.18 bits per heavy atom. The lowest BCUT2D eigenvalue weighted by Gasteiger charge is -2.02. The molecule has 0 radical (unpaired) electrons. The summed E-state index contributed by atoms with van der Waals surface area (Å²) in [5.74, 6) is 0.776. The van der Waals surface area contributed by atoms with E-state index in [4.69, 9.17) is 9.47 Å². The van der Waals surface area contributed by atoms with Crippen molar-refractivity contribution < 1.29 is 9.47 Å². The lowest BCUT2D eigenvalue weighted by Crippen LogP contribution is -2.03. The van der Waals surface area contributed by atoms with Crippen molar-refractivity contribution in [3.8, 4) is 5.75 Å². The Bertz CT molecular complexity index is 440. The maximum Gasteiger partial charge on any atom is 0.157 e. The van der Waals surface area contributed by atoms with E-state index in [2.05, 4.69) is 17.2 Å². The third-order valence-electron chi connectivity index (χ3n) is 2.35. The van der Waals surface area contributed by atoms with Gasteiger partial charge in [-0.1, -0.05) is 30.3 Å². The molecule has 90 valence electrons. The molecule has 0 aliphatic carbocycles. The predicted octanol–water partition coefficient (Wildman–Crippen LogP) is 1.96. The van der Waals surface area contributed by atoms with Gasteiger partial charge in [0.25, 0.3) is 0 Å². The minimum Gasteiger partial charge on any atom is -0.488 e. The number of hydrogen-bond donors (Lipinski definition) is 0. The van der Waals surface area contributed by atoms with Gasteiger partial charge in [-0.25, -0.2) is 0 Å². The molecule has 0 atom stereocenters. The molecule has 0 saturated heterocycles. The number of nitrogens with zero attached hydrogens (tertiary/aromatic N) is 2. The third kappa shape index (κ3) is 3.60. The van der Waals surface area contributed by atoms with Crippen LogP contribution < -0.4 is 4.74 Å². The number of rotatable bonds is 6. The molecule has 0 spiro atoms. The van der Waals surface area contributed by atoms with E-state index in [1.54, 1.807) is 13.3 Å². The van der Waals surface area contributed by atoms with Crippen molar-refractivity contribution in [1.29, 1.82) is 0 Å². The van der Waals surface area contributed by atoms with E-state index >= 15 is 0 Å². The average molecular weight is 232 g/mol. The van der Waals surface area contributed by atoms with Crippen LogP contribution in [-0.2, 0) is 11.3 Å². The molecule has 0 fully saturated rings. The van der Waals surface area contributed by atoms with Crippen LogP contribution in [0, 0.1) is 0 Å². The zero-order chi connectivity index (χ0) is 11.9. The van der Waals surface area contributed by atoms with E-state index < -0.39 is 0 Å². The van der Waals surface area contributed by atoms with Crippen LogP contribution in [0.25, 0.3) is 0 Å². The summed E-state index contributed by atoms with van der Waals surface area (Å²) in [7, 11) is 1.65. The highest BCUT2D eigenvalue weighted by molar-refractivity contribution is 5.17. The number of benzene rings is 1. The summed E-state index contributed by atoms with van der Waals surface area (Å²) in [5.41, 5.74) is 1.22. The van der Waals surface area contributed by atoms with Gasteiger partial charge in [0.2, 0.25) is 0 Å². The minimum atomic E-state index is 0.549. The lowest BCUT2D eigenvalue weighted by molar-refractivity contribution is 0.146. The fourth-order valence-corrected chi connectivity index (χ4v) is 1.52. The Balaban J connectivity index is 1.90. The Kier molecular flexibility index (Phi) is 4.16. The van der Waals surface area contributed by atoms with Gasteiger partial charge in [0.05, 0.1) is 25.5 Å². The Morgan fingerprint density at radius 3 is 2.76 bits per heavy atom. The van der Waals surface area contributed by atoms with Crippen LogP contribution in [0.5, 0.6) is 5.75 Å². The van der Waals surface area contributed by atoms with Crippen molar-refractivity contribution in [2.45, 2.75) is 6.54 Å². The smallest absolute Gasteiger partial charge is 0.157 e. The Morgan fingerprint density at radius 2 is 2.00 bits per heavy atom. The summed E-state index contributed by atoms with van der Waals surface area (Å²) in [5, 5.41) is 4.24. The molecule has 17 heavy (non-hydrogen) atoms. The van der Waals surface area contributed by atoms with Crippen molar-refractivity contribution >= 4 is 0 Å². The second-order valence-corrected chi connectivity index (χ2v) is 3.70. The lowest BCUT2D eigenvalue weighted by atomic mass is 10.2. The van der Waals surface area contributed by atoms with E-state index in [0.29, 0.717) is 13.2 Å². The molecule has 1 heterocycles. The highest BCUT2D eigenvalue weighted by atomic mass is 16.5. The molecule has 1 aromatic heterocycles. The summed E-state index contributed by atoms with van der Waals surface area (Å²) in [4.78, 5) is 0. The van der Waals surface area contributed by atoms with E-state index in [9.17, 15) is 0 Å². The van der Waals surface area contributed by atoms with Crippen molar-refractivity contribution in [3.63, 3.8) is 0 Å². The van der Waals surface area contributed by atoms with Gasteiger partial charge in [-0.3, -0.25) is 4.68 Å². The molecule has 4 heteroatoms. The van der Waals surface area contributed by atoms with Crippen LogP contribution in [0.2, 0.25) is 0 Å². The molecule has 0 amide bonds. The SMILES string of the molecule is COCCOc1cnn(Cc2ccccc2)c1. The van der Waals surface area contributed by atoms with Gasteiger partial charge in [0.1, 0.15) is 6.61 Å². The zero-order valence-electron chi connectivity index (χ0n) is 9.87. The van der Waals surface area contributed by atoms with Gasteiger partial charge in [-0.05, 0) is 5.56 Å². The molecule has 0 N–H and O–H groups in total. The van der Waals surface area contributed by atoms with Gasteiger partial charge in [-0.2, -0.15) is 5.10 Å². The maximum absolute atomic E-state index is 5.46. The number of ether oxygens (including phenoxy) is 2. The first kappa shape index (κ1) is 11.7. The van der Waals surface area contributed by atoms with Crippen LogP contribution in [-0.4, -0.2) is 30.1 Å². The van der Waals surface area contributed by atoms with Crippen molar-refractivity contribution in [3.05, 3.63) is 48.3 Å². The standard InChI is InChI=1S/C13H16N2O2/c1-16-7-8-17-13-9-14-15(11-13)10-12-5-3-2-4-6-12/h2-6,9,11H,7-8,10H2,1H3. The molecule has 2 rings (SSSR count). The minimum absolute atomic E-state index is 0.549. The van der Waals surface area contributed by atoms with Crippen LogP contribution in [0.1, 0.15) is 5.56 Å². The normalized spacial score (nSPS) is 10.4. The Hall–Kier alpha value is -1.81. The van der Waals surface area contributed by atoms with E-state index in [1.165, 1.54) is 5.56 Å². The van der Waals surface area contributed by atoms with Gasteiger partial charge in [0, 0.05) is 7.11 Å². The molecule has 0 saturated carbocycles. The molecule has 0 aliphatic heterocycles. The molecular formula is C13H16N2O2. The van der Waals surface area contributed by atoms with Crippen LogP contribution >= 0.6 is 0 Å². The number of methoxy groups -OCH3 is 1. The highest BCUT2D eigenvalue weighted by Crippen LogP contribution is 2.10. The molecule has 2 aromatic rings. The number of aromatic nitrogens is 2. The fraction of sp³-hybridized carbons (Fsp3) is 0.308. The molecular weight excluding hydrogens is 216 g/mol. The van der Waals surface area contributed by atoms with Crippen LogP contribution in [0.4, 0.5) is 0 Å². The molecule has 0 bridgehead atoms. The summed E-state index contributed by atoms with van der Waals surface area (Å²) >= 11 is 0. The van der Waals surface area contributed by atoms with Crippen molar-refractivity contribution in [2.24, 2.45) is 0 Å². The fourth-order valence-electron chi connectivity index (χ4n) is 1.52. The number of hydrogen-bond acceptors (Lipinski definition) is 3. The quantitative estimate of drug-likeness (QED) is 0.714. The highest BCUT2D eigenvalue weighted by Gasteiger charge is 2.00. The van der Waals surface area contributed by atoms with E-state index in [1.807, 2.05) is 29.1 Å². The predicted molar refractivity (Wildman–Crippen MR) is 65.1 cm³/mol. The molecule has 1 aromatic carbocycles. The van der Waals surface area contributed by atoms with Gasteiger partial charge >= 0.3 is 0 Å². The zero-order valence-corrected chi connectivity index (χ0v) is 9.87. The van der Waals surface area contributed by atoms with Gasteiger partial charge < -0.3 is 9.47 Å². The maximum atomic E-state index is 5.46. The molecule has 0 unspecified atom stereocenters. The summed E-state index contributed by atoms with van der Waals surface area (Å²) in [6, 6.07) is 10.2. The van der Waals surface area contributed by atoms with Crippen molar-refractivity contribution in [1.82, 2.24) is 9.78 Å². The summed E-state index contributed by atoms with van der Waals surface area (Å²) in [6.07, 6.45) is 3.61. The third-order valence-corrected chi connectivity index (χ3v) is 2.35. The second-order valence-electron chi connectivity index (χ2n) is 3.70. The summed E-state index contributed by atoms with van der Waals surface area (Å²) in [6.45, 7) is 1.89. The van der Waals surface area contributed by atoms with E-state index in [-0.39, 0.29) is 0 Å². The first-order valence-electron chi connectivity index (χ1n) is 5.56. The monoisotopic (exact) mass is 232 g/mol. The average Bonchev–Trinajstić information content (AvgIpc) is 2.79. The first-order valence-corrected chi connectivity index (χ1v) is 5.56. The first-order chi connectivity index (χ1) is 8.38. The molecule has 4 nitrogen and oxygen atoms in total. The molecule has 0 aliphatic rings. The van der Waals surface area contributed by atoms with Gasteiger partial charge in [-0.15, -0.1) is 0 Å². The van der Waals surface area contributed by atoms with Crippen LogP contribution in [0.3, 0.4) is 0 Å². The van der Waals surface area contributed by atoms with E-state index in [0.717, 1.165) is 12.3 Å². The summed E-state index contributed by atoms with van der Waals surface area (Å²) < 4.78 is 12.2.